The Kier molecular flexibility index (Phi) is 4.82. The second-order valence-electron chi connectivity index (χ2n) is 7.02. The molecule has 3 amide bonds. The second kappa shape index (κ2) is 6.85. The number of nitrogens with one attached hydrogen (secondary N) is 1. The number of hydrogen-bond donors (Lipinski definition) is 1. The van der Waals surface area contributed by atoms with Crippen molar-refractivity contribution >= 4 is 17.7 Å². The SMILES string of the molecule is CCn1c(C)cc(C(=O)CN2C(=O)N[C@](C)(c3cc(F)ccc3F)C2=O)c1C. The van der Waals surface area contributed by atoms with Gasteiger partial charge in [0.1, 0.15) is 17.2 Å². The summed E-state index contributed by atoms with van der Waals surface area (Å²) in [5, 5.41) is 2.39. The fourth-order valence-corrected chi connectivity index (χ4v) is 3.70. The molecule has 0 spiro atoms. The molecule has 1 fully saturated rings. The van der Waals surface area contributed by atoms with E-state index in [9.17, 15) is 23.2 Å². The van der Waals surface area contributed by atoms with Crippen molar-refractivity contribution < 1.29 is 23.2 Å². The van der Waals surface area contributed by atoms with E-state index >= 15 is 0 Å². The molecule has 0 saturated carbocycles. The molecule has 28 heavy (non-hydrogen) atoms. The number of aromatic nitrogens is 1. The van der Waals surface area contributed by atoms with E-state index in [0.29, 0.717) is 12.1 Å². The minimum Gasteiger partial charge on any atom is -0.349 e. The molecule has 1 atom stereocenters. The van der Waals surface area contributed by atoms with Crippen LogP contribution in [0.4, 0.5) is 13.6 Å². The highest BCUT2D eigenvalue weighted by atomic mass is 19.1. The van der Waals surface area contributed by atoms with E-state index in [-0.39, 0.29) is 5.56 Å². The predicted octanol–water partition coefficient (Wildman–Crippen LogP) is 3.05. The molecule has 0 aliphatic carbocycles. The number of amides is 3. The number of carbonyl (C=O) groups is 3. The monoisotopic (exact) mass is 389 g/mol. The van der Waals surface area contributed by atoms with Gasteiger partial charge in [-0.25, -0.2) is 13.6 Å². The van der Waals surface area contributed by atoms with Crippen LogP contribution in [0.5, 0.6) is 0 Å². The molecule has 2 aromatic rings. The van der Waals surface area contributed by atoms with Gasteiger partial charge < -0.3 is 9.88 Å². The third kappa shape index (κ3) is 2.98. The first kappa shape index (κ1) is 19.7. The number of benzene rings is 1. The largest absolute Gasteiger partial charge is 0.349 e. The summed E-state index contributed by atoms with van der Waals surface area (Å²) in [5.41, 5.74) is -0.0113. The molecule has 1 aromatic carbocycles. The number of hydrogen-bond acceptors (Lipinski definition) is 3. The average molecular weight is 389 g/mol. The number of ketones is 1. The van der Waals surface area contributed by atoms with Gasteiger partial charge in [-0.05, 0) is 52.0 Å². The van der Waals surface area contributed by atoms with Crippen LogP contribution in [0, 0.1) is 25.5 Å². The van der Waals surface area contributed by atoms with Crippen LogP contribution in [0.15, 0.2) is 24.3 Å². The Morgan fingerprint density at radius 1 is 1.18 bits per heavy atom. The Labute approximate surface area is 161 Å². The van der Waals surface area contributed by atoms with E-state index in [0.717, 1.165) is 34.5 Å². The lowest BCUT2D eigenvalue weighted by Crippen LogP contribution is -2.42. The van der Waals surface area contributed by atoms with E-state index in [1.54, 1.807) is 13.0 Å². The lowest BCUT2D eigenvalue weighted by molar-refractivity contribution is -0.130. The third-order valence-corrected chi connectivity index (χ3v) is 5.23. The molecule has 0 unspecified atom stereocenters. The topological polar surface area (TPSA) is 71.4 Å². The van der Waals surface area contributed by atoms with Crippen LogP contribution in [-0.2, 0) is 16.9 Å². The number of urea groups is 1. The second-order valence-corrected chi connectivity index (χ2v) is 7.02. The number of imide groups is 1. The average Bonchev–Trinajstić information content (AvgIpc) is 3.04. The number of carbonyl (C=O) groups excluding carboxylic acids is 3. The summed E-state index contributed by atoms with van der Waals surface area (Å²) in [5.74, 6) is -2.77. The first-order chi connectivity index (χ1) is 13.1. The quantitative estimate of drug-likeness (QED) is 0.631. The highest BCUT2D eigenvalue weighted by Gasteiger charge is 2.51. The maximum absolute atomic E-state index is 14.2. The van der Waals surface area contributed by atoms with Crippen LogP contribution >= 0.6 is 0 Å². The van der Waals surface area contributed by atoms with Crippen LogP contribution < -0.4 is 5.32 Å². The molecular formula is C20H21F2N3O3. The van der Waals surface area contributed by atoms with Crippen LogP contribution in [0.1, 0.15) is 41.2 Å². The lowest BCUT2D eigenvalue weighted by Gasteiger charge is -2.22. The van der Waals surface area contributed by atoms with Crippen LogP contribution in [0.3, 0.4) is 0 Å². The number of rotatable bonds is 5. The molecule has 6 nitrogen and oxygen atoms in total. The Morgan fingerprint density at radius 3 is 2.46 bits per heavy atom. The van der Waals surface area contributed by atoms with Gasteiger partial charge >= 0.3 is 6.03 Å². The molecule has 2 heterocycles. The van der Waals surface area contributed by atoms with Crippen molar-refractivity contribution in [1.82, 2.24) is 14.8 Å². The van der Waals surface area contributed by atoms with Crippen molar-refractivity contribution in [2.45, 2.75) is 39.8 Å². The number of aryl methyl sites for hydroxylation is 1. The zero-order valence-corrected chi connectivity index (χ0v) is 16.1. The van der Waals surface area contributed by atoms with Crippen LogP contribution in [0.25, 0.3) is 0 Å². The molecule has 1 N–H and O–H groups in total. The van der Waals surface area contributed by atoms with Gasteiger partial charge in [0.25, 0.3) is 5.91 Å². The van der Waals surface area contributed by atoms with Crippen molar-refractivity contribution in [3.05, 3.63) is 58.4 Å². The summed E-state index contributed by atoms with van der Waals surface area (Å²) in [4.78, 5) is 38.7. The van der Waals surface area contributed by atoms with E-state index < -0.39 is 41.4 Å². The van der Waals surface area contributed by atoms with E-state index in [1.807, 2.05) is 18.4 Å². The molecule has 1 aliphatic rings. The molecule has 0 radical (unpaired) electrons. The summed E-state index contributed by atoms with van der Waals surface area (Å²) in [6.07, 6.45) is 0. The molecule has 1 aliphatic heterocycles. The van der Waals surface area contributed by atoms with Crippen LogP contribution in [-0.4, -0.2) is 33.7 Å². The standard InChI is InChI=1S/C20H21F2N3O3/c1-5-24-11(2)8-14(12(24)3)17(26)10-25-18(27)20(4,23-19(25)28)15-9-13(21)6-7-16(15)22/h6-9H,5,10H2,1-4H3,(H,23,28)/t20-/m1/s1. The Hall–Kier alpha value is -3.03. The third-order valence-electron chi connectivity index (χ3n) is 5.23. The Bertz CT molecular complexity index is 999. The summed E-state index contributed by atoms with van der Waals surface area (Å²) in [6, 6.07) is 3.57. The van der Waals surface area contributed by atoms with Gasteiger partial charge in [0.05, 0.1) is 6.54 Å². The molecule has 1 aromatic heterocycles. The lowest BCUT2D eigenvalue weighted by atomic mass is 9.91. The fourth-order valence-electron chi connectivity index (χ4n) is 3.70. The number of halogens is 2. The maximum Gasteiger partial charge on any atom is 0.325 e. The van der Waals surface area contributed by atoms with Crippen molar-refractivity contribution in [3.8, 4) is 0 Å². The van der Waals surface area contributed by atoms with Crippen molar-refractivity contribution in [2.75, 3.05) is 6.54 Å². The minimum atomic E-state index is -1.79. The normalized spacial score (nSPS) is 19.3. The maximum atomic E-state index is 14.2. The molecule has 0 bridgehead atoms. The number of Topliss-reactive ketones (excluding diaryl/α,β-unsaturated/α-hetero) is 1. The zero-order chi connectivity index (χ0) is 20.8. The van der Waals surface area contributed by atoms with Gasteiger partial charge in [0.15, 0.2) is 5.78 Å². The van der Waals surface area contributed by atoms with Gasteiger partial charge in [-0.2, -0.15) is 0 Å². The minimum absolute atomic E-state index is 0.287. The predicted molar refractivity (Wildman–Crippen MR) is 97.9 cm³/mol. The van der Waals surface area contributed by atoms with Gasteiger partial charge in [-0.1, -0.05) is 0 Å². The van der Waals surface area contributed by atoms with Crippen molar-refractivity contribution in [2.24, 2.45) is 0 Å². The fraction of sp³-hybridized carbons (Fsp3) is 0.350. The van der Waals surface area contributed by atoms with Crippen molar-refractivity contribution in [3.63, 3.8) is 0 Å². The van der Waals surface area contributed by atoms with Gasteiger partial charge in [0.2, 0.25) is 0 Å². The highest BCUT2D eigenvalue weighted by Crippen LogP contribution is 2.31. The summed E-state index contributed by atoms with van der Waals surface area (Å²) in [6.45, 7) is 7.10. The summed E-state index contributed by atoms with van der Waals surface area (Å²) < 4.78 is 29.7. The molecular weight excluding hydrogens is 368 g/mol. The van der Waals surface area contributed by atoms with Crippen LogP contribution in [0.2, 0.25) is 0 Å². The summed E-state index contributed by atoms with van der Waals surface area (Å²) in [7, 11) is 0. The van der Waals surface area contributed by atoms with Gasteiger partial charge in [-0.15, -0.1) is 0 Å². The smallest absolute Gasteiger partial charge is 0.325 e. The van der Waals surface area contributed by atoms with E-state index in [2.05, 4.69) is 5.32 Å². The van der Waals surface area contributed by atoms with E-state index in [1.165, 1.54) is 6.92 Å². The van der Waals surface area contributed by atoms with E-state index in [4.69, 9.17) is 0 Å². The molecule has 1 saturated heterocycles. The Balaban J connectivity index is 1.90. The molecule has 8 heteroatoms. The van der Waals surface area contributed by atoms with Crippen molar-refractivity contribution in [1.29, 1.82) is 0 Å². The van der Waals surface area contributed by atoms with Gasteiger partial charge in [0, 0.05) is 29.1 Å². The molecule has 148 valence electrons. The zero-order valence-electron chi connectivity index (χ0n) is 16.1. The summed E-state index contributed by atoms with van der Waals surface area (Å²) >= 11 is 0. The highest BCUT2D eigenvalue weighted by molar-refractivity contribution is 6.11. The Morgan fingerprint density at radius 2 is 1.86 bits per heavy atom. The van der Waals surface area contributed by atoms with Gasteiger partial charge in [-0.3, -0.25) is 14.5 Å². The number of nitrogens with zero attached hydrogens (tertiary/aromatic N) is 2. The molecule has 3 rings (SSSR count). The first-order valence-electron chi connectivity index (χ1n) is 8.89. The first-order valence-corrected chi connectivity index (χ1v) is 8.89.